The lowest BCUT2D eigenvalue weighted by Gasteiger charge is -1.87. The van der Waals surface area contributed by atoms with E-state index in [1.807, 2.05) is 0 Å². The van der Waals surface area contributed by atoms with Crippen LogP contribution in [-0.2, 0) is 6.42 Å². The minimum atomic E-state index is 0.554. The number of aromatic amines is 1. The third-order valence-corrected chi connectivity index (χ3v) is 1.42. The third-order valence-electron chi connectivity index (χ3n) is 1.25. The molecular weight excluding hydrogens is 162 g/mol. The first-order chi connectivity index (χ1) is 5.36. The van der Waals surface area contributed by atoms with Crippen molar-refractivity contribution >= 4 is 17.7 Å². The van der Waals surface area contributed by atoms with Gasteiger partial charge < -0.3 is 4.98 Å². The predicted molar refractivity (Wildman–Crippen MR) is 45.2 cm³/mol. The Labute approximate surface area is 70.3 Å². The van der Waals surface area contributed by atoms with Crippen LogP contribution in [0, 0.1) is 12.3 Å². The van der Waals surface area contributed by atoms with Crippen molar-refractivity contribution in [1.82, 2.24) is 9.97 Å². The molecule has 0 aliphatic carbocycles. The molecule has 0 atom stereocenters. The van der Waals surface area contributed by atoms with Gasteiger partial charge in [0, 0.05) is 30.8 Å². The number of aryl methyl sites for hydroxylation is 1. The molecule has 0 radical (unpaired) electrons. The first-order valence-electron chi connectivity index (χ1n) is 3.21. The number of halogens is 1. The van der Waals surface area contributed by atoms with Gasteiger partial charge in [-0.3, -0.25) is 4.84 Å². The highest BCUT2D eigenvalue weighted by atomic mass is 35.5. The van der Waals surface area contributed by atoms with Gasteiger partial charge in [-0.1, -0.05) is 0 Å². The maximum atomic E-state index is 5.29. The maximum absolute atomic E-state index is 5.29. The summed E-state index contributed by atoms with van der Waals surface area (Å²) in [6, 6.07) is 0. The Morgan fingerprint density at radius 2 is 2.64 bits per heavy atom. The summed E-state index contributed by atoms with van der Waals surface area (Å²) >= 11 is 5.29. The van der Waals surface area contributed by atoms with Crippen molar-refractivity contribution in [2.24, 2.45) is 0 Å². The molecule has 2 N–H and O–H groups in total. The summed E-state index contributed by atoms with van der Waals surface area (Å²) in [5.74, 6) is 3.09. The number of H-pyrrole nitrogens is 1. The van der Waals surface area contributed by atoms with Crippen LogP contribution in [0.5, 0.6) is 0 Å². The summed E-state index contributed by atoms with van der Waals surface area (Å²) in [6.45, 7) is 0. The lowest BCUT2D eigenvalue weighted by atomic mass is 10.3. The molecule has 0 saturated heterocycles. The van der Waals surface area contributed by atoms with E-state index in [2.05, 4.69) is 20.7 Å². The molecule has 1 aromatic rings. The zero-order chi connectivity index (χ0) is 8.10. The third kappa shape index (κ3) is 2.17. The number of nitrogens with one attached hydrogen (secondary N) is 2. The van der Waals surface area contributed by atoms with E-state index in [4.69, 9.17) is 18.2 Å². The Hall–Kier alpha value is -1.14. The van der Waals surface area contributed by atoms with E-state index in [9.17, 15) is 0 Å². The molecule has 58 valence electrons. The average Bonchev–Trinajstić information content (AvgIpc) is 2.48. The van der Waals surface area contributed by atoms with Crippen molar-refractivity contribution in [2.45, 2.75) is 12.8 Å². The molecule has 1 aromatic heterocycles. The van der Waals surface area contributed by atoms with Crippen molar-refractivity contribution in [1.29, 1.82) is 0 Å². The second-order valence-electron chi connectivity index (χ2n) is 2.04. The molecule has 1 rings (SSSR count). The Balaban J connectivity index is 2.53. The molecule has 0 fully saturated rings. The van der Waals surface area contributed by atoms with E-state index in [1.165, 1.54) is 0 Å². The number of imidazole rings is 1. The van der Waals surface area contributed by atoms with E-state index < -0.39 is 0 Å². The van der Waals surface area contributed by atoms with Crippen LogP contribution in [-0.4, -0.2) is 9.97 Å². The average molecular weight is 170 g/mol. The van der Waals surface area contributed by atoms with Crippen LogP contribution in [0.1, 0.15) is 12.1 Å². The van der Waals surface area contributed by atoms with Gasteiger partial charge in [0.05, 0.1) is 5.69 Å². The zero-order valence-electron chi connectivity index (χ0n) is 5.89. The van der Waals surface area contributed by atoms with Crippen molar-refractivity contribution < 1.29 is 0 Å². The van der Waals surface area contributed by atoms with Gasteiger partial charge in [0.25, 0.3) is 0 Å². The van der Waals surface area contributed by atoms with Gasteiger partial charge in [-0.2, -0.15) is 0 Å². The normalized spacial score (nSPS) is 9.09. The molecular formula is C7H8ClN3. The number of aromatic nitrogens is 2. The second kappa shape index (κ2) is 3.89. The van der Waals surface area contributed by atoms with Crippen molar-refractivity contribution in [3.05, 3.63) is 11.9 Å². The molecule has 0 aliphatic rings. The Bertz CT molecular complexity index is 261. The van der Waals surface area contributed by atoms with Gasteiger partial charge in [0.15, 0.2) is 0 Å². The van der Waals surface area contributed by atoms with E-state index in [0.29, 0.717) is 12.4 Å². The van der Waals surface area contributed by atoms with Gasteiger partial charge in [0.2, 0.25) is 5.95 Å². The minimum Gasteiger partial charge on any atom is -0.330 e. The van der Waals surface area contributed by atoms with Gasteiger partial charge in [-0.25, -0.2) is 4.98 Å². The molecule has 0 amide bonds. The van der Waals surface area contributed by atoms with Crippen LogP contribution in [0.15, 0.2) is 6.20 Å². The number of terminal acetylenes is 1. The number of anilines is 1. The summed E-state index contributed by atoms with van der Waals surface area (Å²) in [7, 11) is 0. The topological polar surface area (TPSA) is 40.7 Å². The largest absolute Gasteiger partial charge is 0.330 e. The zero-order valence-corrected chi connectivity index (χ0v) is 6.65. The predicted octanol–water partition coefficient (Wildman–Crippen LogP) is 1.54. The first kappa shape index (κ1) is 7.96. The number of nitrogens with zero attached hydrogens (tertiary/aromatic N) is 1. The van der Waals surface area contributed by atoms with Gasteiger partial charge in [-0.15, -0.1) is 12.3 Å². The Kier molecular flexibility index (Phi) is 2.82. The number of hydrogen-bond donors (Lipinski definition) is 2. The molecule has 3 nitrogen and oxygen atoms in total. The van der Waals surface area contributed by atoms with Crippen LogP contribution in [0.3, 0.4) is 0 Å². The molecule has 0 unspecified atom stereocenters. The van der Waals surface area contributed by atoms with Crippen LogP contribution >= 0.6 is 11.8 Å². The van der Waals surface area contributed by atoms with Gasteiger partial charge in [-0.05, 0) is 0 Å². The summed E-state index contributed by atoms with van der Waals surface area (Å²) in [6.07, 6.45) is 8.35. The van der Waals surface area contributed by atoms with Crippen LogP contribution < -0.4 is 4.84 Å². The summed E-state index contributed by atoms with van der Waals surface area (Å²) in [5.41, 5.74) is 0.922. The molecule has 0 aliphatic heterocycles. The highest BCUT2D eigenvalue weighted by molar-refractivity contribution is 6.23. The van der Waals surface area contributed by atoms with Crippen LogP contribution in [0.4, 0.5) is 5.95 Å². The molecule has 4 heteroatoms. The quantitative estimate of drug-likeness (QED) is 0.533. The Morgan fingerprint density at radius 1 is 1.82 bits per heavy atom. The second-order valence-corrected chi connectivity index (χ2v) is 2.23. The van der Waals surface area contributed by atoms with Crippen molar-refractivity contribution in [3.8, 4) is 12.3 Å². The van der Waals surface area contributed by atoms with E-state index >= 15 is 0 Å². The van der Waals surface area contributed by atoms with Gasteiger partial charge >= 0.3 is 0 Å². The number of hydrogen-bond acceptors (Lipinski definition) is 2. The SMILES string of the molecule is C#CCCc1c[nH]c(NCl)n1. The minimum absolute atomic E-state index is 0.554. The smallest absolute Gasteiger partial charge is 0.215 e. The number of rotatable bonds is 3. The first-order valence-corrected chi connectivity index (χ1v) is 3.59. The van der Waals surface area contributed by atoms with E-state index in [1.54, 1.807) is 6.20 Å². The fourth-order valence-electron chi connectivity index (χ4n) is 0.737. The fraction of sp³-hybridized carbons (Fsp3) is 0.286. The highest BCUT2D eigenvalue weighted by Gasteiger charge is 1.97. The summed E-state index contributed by atoms with van der Waals surface area (Å²) < 4.78 is 0. The summed E-state index contributed by atoms with van der Waals surface area (Å²) in [4.78, 5) is 9.29. The monoisotopic (exact) mass is 169 g/mol. The van der Waals surface area contributed by atoms with Gasteiger partial charge in [0.1, 0.15) is 0 Å². The van der Waals surface area contributed by atoms with Crippen molar-refractivity contribution in [2.75, 3.05) is 4.84 Å². The lowest BCUT2D eigenvalue weighted by Crippen LogP contribution is -1.84. The molecule has 0 aromatic carbocycles. The van der Waals surface area contributed by atoms with E-state index in [0.717, 1.165) is 12.1 Å². The molecule has 0 spiro atoms. The van der Waals surface area contributed by atoms with E-state index in [-0.39, 0.29) is 0 Å². The molecule has 11 heavy (non-hydrogen) atoms. The molecule has 1 heterocycles. The maximum Gasteiger partial charge on any atom is 0.215 e. The van der Waals surface area contributed by atoms with Crippen molar-refractivity contribution in [3.63, 3.8) is 0 Å². The fourth-order valence-corrected chi connectivity index (χ4v) is 0.833. The standard InChI is InChI=1S/C7H8ClN3/c1-2-3-4-6-5-9-7(10-6)11-8/h1,5H,3-4H2,(H2,9,10,11). The van der Waals surface area contributed by atoms with Crippen LogP contribution in [0.2, 0.25) is 0 Å². The summed E-state index contributed by atoms with van der Waals surface area (Å²) in [5, 5.41) is 0. The van der Waals surface area contributed by atoms with Crippen LogP contribution in [0.25, 0.3) is 0 Å². The molecule has 0 bridgehead atoms. The lowest BCUT2D eigenvalue weighted by molar-refractivity contribution is 0.982. The Morgan fingerprint density at radius 3 is 3.18 bits per heavy atom. The highest BCUT2D eigenvalue weighted by Crippen LogP contribution is 2.04. The molecule has 0 saturated carbocycles.